The lowest BCUT2D eigenvalue weighted by Crippen LogP contribution is -2.08. The molecule has 1 rings (SSSR count). The maximum absolute atomic E-state index is 9.33. The van der Waals surface area contributed by atoms with E-state index in [1.54, 1.807) is 12.1 Å². The predicted molar refractivity (Wildman–Crippen MR) is 52.6 cm³/mol. The van der Waals surface area contributed by atoms with Crippen LogP contribution in [-0.4, -0.2) is 5.11 Å². The Morgan fingerprint density at radius 2 is 2.00 bits per heavy atom. The van der Waals surface area contributed by atoms with E-state index in [1.807, 2.05) is 19.1 Å². The molecule has 0 aliphatic heterocycles. The molecule has 0 saturated carbocycles. The van der Waals surface area contributed by atoms with E-state index >= 15 is 0 Å². The SMILES string of the molecule is CC[C@H](N)c1ccccc1O.Cl. The summed E-state index contributed by atoms with van der Waals surface area (Å²) < 4.78 is 0. The van der Waals surface area contributed by atoms with Crippen LogP contribution in [0.1, 0.15) is 24.9 Å². The summed E-state index contributed by atoms with van der Waals surface area (Å²) in [7, 11) is 0. The molecule has 3 heteroatoms. The van der Waals surface area contributed by atoms with E-state index < -0.39 is 0 Å². The summed E-state index contributed by atoms with van der Waals surface area (Å²) in [6.07, 6.45) is 0.845. The van der Waals surface area contributed by atoms with Gasteiger partial charge in [-0.25, -0.2) is 0 Å². The van der Waals surface area contributed by atoms with Crippen LogP contribution < -0.4 is 5.73 Å². The van der Waals surface area contributed by atoms with Crippen LogP contribution in [0.4, 0.5) is 0 Å². The number of hydrogen-bond acceptors (Lipinski definition) is 2. The summed E-state index contributed by atoms with van der Waals surface area (Å²) in [5, 5.41) is 9.33. The molecule has 0 saturated heterocycles. The smallest absolute Gasteiger partial charge is 0.120 e. The highest BCUT2D eigenvalue weighted by atomic mass is 35.5. The van der Waals surface area contributed by atoms with Gasteiger partial charge in [0.05, 0.1) is 0 Å². The van der Waals surface area contributed by atoms with Gasteiger partial charge in [0.2, 0.25) is 0 Å². The first-order valence-electron chi connectivity index (χ1n) is 3.79. The summed E-state index contributed by atoms with van der Waals surface area (Å²) in [6, 6.07) is 7.14. The highest BCUT2D eigenvalue weighted by Gasteiger charge is 2.06. The Hall–Kier alpha value is -0.730. The number of phenols is 1. The first-order chi connectivity index (χ1) is 5.25. The number of hydrogen-bond donors (Lipinski definition) is 2. The van der Waals surface area contributed by atoms with Crippen LogP contribution in [0.25, 0.3) is 0 Å². The Kier molecular flexibility index (Phi) is 4.71. The summed E-state index contributed by atoms with van der Waals surface area (Å²) in [4.78, 5) is 0. The van der Waals surface area contributed by atoms with Crippen LogP contribution in [-0.2, 0) is 0 Å². The van der Waals surface area contributed by atoms with Crippen molar-refractivity contribution in [3.8, 4) is 5.75 Å². The van der Waals surface area contributed by atoms with Crippen LogP contribution in [0, 0.1) is 0 Å². The molecule has 0 spiro atoms. The van der Waals surface area contributed by atoms with Gasteiger partial charge in [-0.1, -0.05) is 25.1 Å². The molecule has 3 N–H and O–H groups in total. The van der Waals surface area contributed by atoms with Gasteiger partial charge in [-0.05, 0) is 12.5 Å². The summed E-state index contributed by atoms with van der Waals surface area (Å²) >= 11 is 0. The monoisotopic (exact) mass is 187 g/mol. The van der Waals surface area contributed by atoms with E-state index in [9.17, 15) is 5.11 Å². The van der Waals surface area contributed by atoms with E-state index in [4.69, 9.17) is 5.73 Å². The van der Waals surface area contributed by atoms with E-state index in [0.29, 0.717) is 5.75 Å². The Morgan fingerprint density at radius 1 is 1.42 bits per heavy atom. The molecule has 0 bridgehead atoms. The van der Waals surface area contributed by atoms with Gasteiger partial charge in [0.15, 0.2) is 0 Å². The van der Waals surface area contributed by atoms with Gasteiger partial charge in [0.25, 0.3) is 0 Å². The summed E-state index contributed by atoms with van der Waals surface area (Å²) in [5.41, 5.74) is 6.56. The van der Waals surface area contributed by atoms with Gasteiger partial charge in [-0.2, -0.15) is 0 Å². The van der Waals surface area contributed by atoms with Crippen molar-refractivity contribution >= 4 is 12.4 Å². The van der Waals surface area contributed by atoms with Crippen molar-refractivity contribution in [1.29, 1.82) is 0 Å². The third kappa shape index (κ3) is 2.40. The van der Waals surface area contributed by atoms with E-state index in [-0.39, 0.29) is 18.4 Å². The second kappa shape index (κ2) is 5.01. The normalized spacial score (nSPS) is 11.8. The Bertz CT molecular complexity index is 240. The summed E-state index contributed by atoms with van der Waals surface area (Å²) in [5.74, 6) is 0.293. The van der Waals surface area contributed by atoms with Crippen molar-refractivity contribution in [1.82, 2.24) is 0 Å². The van der Waals surface area contributed by atoms with Crippen LogP contribution in [0.2, 0.25) is 0 Å². The molecular formula is C9H14ClNO. The minimum Gasteiger partial charge on any atom is -0.508 e. The van der Waals surface area contributed by atoms with Crippen molar-refractivity contribution < 1.29 is 5.11 Å². The third-order valence-corrected chi connectivity index (χ3v) is 1.78. The minimum absolute atomic E-state index is 0. The van der Waals surface area contributed by atoms with Crippen molar-refractivity contribution in [2.24, 2.45) is 5.73 Å². The average molecular weight is 188 g/mol. The minimum atomic E-state index is -0.0452. The lowest BCUT2D eigenvalue weighted by molar-refractivity contribution is 0.460. The zero-order valence-corrected chi connectivity index (χ0v) is 7.84. The van der Waals surface area contributed by atoms with E-state index in [2.05, 4.69) is 0 Å². The molecule has 0 radical (unpaired) electrons. The number of aromatic hydroxyl groups is 1. The molecular weight excluding hydrogens is 174 g/mol. The number of halogens is 1. The highest BCUT2D eigenvalue weighted by molar-refractivity contribution is 5.85. The molecule has 0 unspecified atom stereocenters. The fourth-order valence-corrected chi connectivity index (χ4v) is 1.02. The molecule has 1 atom stereocenters. The number of phenolic OH excluding ortho intramolecular Hbond substituents is 1. The highest BCUT2D eigenvalue weighted by Crippen LogP contribution is 2.23. The fraction of sp³-hybridized carbons (Fsp3) is 0.333. The molecule has 0 aromatic heterocycles. The molecule has 2 nitrogen and oxygen atoms in total. The van der Waals surface area contributed by atoms with Crippen LogP contribution in [0.5, 0.6) is 5.75 Å². The second-order valence-electron chi connectivity index (χ2n) is 2.57. The van der Waals surface area contributed by atoms with Crippen LogP contribution in [0.3, 0.4) is 0 Å². The fourth-order valence-electron chi connectivity index (χ4n) is 1.02. The predicted octanol–water partition coefficient (Wildman–Crippen LogP) is 2.22. The number of nitrogens with two attached hydrogens (primary N) is 1. The molecule has 1 aromatic rings. The van der Waals surface area contributed by atoms with Gasteiger partial charge in [0.1, 0.15) is 5.75 Å². The Morgan fingerprint density at radius 3 is 2.50 bits per heavy atom. The maximum atomic E-state index is 9.33. The molecule has 0 fully saturated rings. The Labute approximate surface area is 78.8 Å². The van der Waals surface area contributed by atoms with Crippen molar-refractivity contribution in [2.45, 2.75) is 19.4 Å². The molecule has 0 aliphatic carbocycles. The Balaban J connectivity index is 0.00000121. The lowest BCUT2D eigenvalue weighted by atomic mass is 10.0. The summed E-state index contributed by atoms with van der Waals surface area (Å²) in [6.45, 7) is 2.00. The van der Waals surface area contributed by atoms with Gasteiger partial charge in [-0.15, -0.1) is 12.4 Å². The molecule has 0 aliphatic rings. The third-order valence-electron chi connectivity index (χ3n) is 1.78. The van der Waals surface area contributed by atoms with Gasteiger partial charge >= 0.3 is 0 Å². The number of para-hydroxylation sites is 1. The van der Waals surface area contributed by atoms with Gasteiger partial charge < -0.3 is 10.8 Å². The second-order valence-corrected chi connectivity index (χ2v) is 2.57. The van der Waals surface area contributed by atoms with Crippen molar-refractivity contribution in [2.75, 3.05) is 0 Å². The topological polar surface area (TPSA) is 46.2 Å². The van der Waals surface area contributed by atoms with Crippen LogP contribution >= 0.6 is 12.4 Å². The van der Waals surface area contributed by atoms with Gasteiger partial charge in [0, 0.05) is 11.6 Å². The lowest BCUT2D eigenvalue weighted by Gasteiger charge is -2.09. The first-order valence-corrected chi connectivity index (χ1v) is 3.79. The van der Waals surface area contributed by atoms with Crippen molar-refractivity contribution in [3.05, 3.63) is 29.8 Å². The standard InChI is InChI=1S/C9H13NO.ClH/c1-2-8(10)7-5-3-4-6-9(7)11;/h3-6,8,11H,2,10H2,1H3;1H/t8-;/m0./s1. The molecule has 12 heavy (non-hydrogen) atoms. The molecule has 0 amide bonds. The zero-order chi connectivity index (χ0) is 8.27. The van der Waals surface area contributed by atoms with Crippen molar-refractivity contribution in [3.63, 3.8) is 0 Å². The van der Waals surface area contributed by atoms with Gasteiger partial charge in [-0.3, -0.25) is 0 Å². The van der Waals surface area contributed by atoms with Crippen LogP contribution in [0.15, 0.2) is 24.3 Å². The van der Waals surface area contributed by atoms with E-state index in [1.165, 1.54) is 0 Å². The first kappa shape index (κ1) is 11.3. The largest absolute Gasteiger partial charge is 0.508 e. The quantitative estimate of drug-likeness (QED) is 0.746. The molecule has 1 aromatic carbocycles. The number of benzene rings is 1. The number of rotatable bonds is 2. The average Bonchev–Trinajstić information content (AvgIpc) is 2.04. The zero-order valence-electron chi connectivity index (χ0n) is 7.03. The molecule has 68 valence electrons. The van der Waals surface area contributed by atoms with E-state index in [0.717, 1.165) is 12.0 Å². The molecule has 0 heterocycles. The maximum Gasteiger partial charge on any atom is 0.120 e.